The van der Waals surface area contributed by atoms with Crippen LogP contribution < -0.4 is 10.6 Å². The fourth-order valence-electron chi connectivity index (χ4n) is 2.49. The Morgan fingerprint density at radius 2 is 1.62 bits per heavy atom. The summed E-state index contributed by atoms with van der Waals surface area (Å²) in [6, 6.07) is 7.03. The Labute approximate surface area is 171 Å². The zero-order valence-corrected chi connectivity index (χ0v) is 18.8. The van der Waals surface area contributed by atoms with Gasteiger partial charge in [-0.15, -0.1) is 0 Å². The summed E-state index contributed by atoms with van der Waals surface area (Å²) < 4.78 is 34.3. The molecule has 6 nitrogen and oxygen atoms in total. The van der Waals surface area contributed by atoms with Crippen molar-refractivity contribution in [2.75, 3.05) is 0 Å². The van der Waals surface area contributed by atoms with Gasteiger partial charge in [0.2, 0.25) is 5.78 Å². The summed E-state index contributed by atoms with van der Waals surface area (Å²) in [7, 11) is -2.05. The Balaban J connectivity index is 2.93. The van der Waals surface area contributed by atoms with Gasteiger partial charge in [-0.2, -0.15) is 8.78 Å². The molecule has 0 aliphatic carbocycles. The van der Waals surface area contributed by atoms with Crippen LogP contribution in [0.25, 0.3) is 0 Å². The van der Waals surface area contributed by atoms with E-state index in [0.29, 0.717) is 5.56 Å². The van der Waals surface area contributed by atoms with Crippen LogP contribution in [0, 0.1) is 0 Å². The van der Waals surface area contributed by atoms with E-state index in [1.165, 1.54) is 0 Å². The van der Waals surface area contributed by atoms with Gasteiger partial charge in [-0.25, -0.2) is 4.79 Å². The van der Waals surface area contributed by atoms with E-state index in [0.717, 1.165) is 0 Å². The molecule has 0 bridgehead atoms. The van der Waals surface area contributed by atoms with Crippen molar-refractivity contribution >= 4 is 25.9 Å². The van der Waals surface area contributed by atoms with Crippen molar-refractivity contribution in [1.29, 1.82) is 0 Å². The Kier molecular flexibility index (Phi) is 8.08. The minimum atomic E-state index is -4.28. The summed E-state index contributed by atoms with van der Waals surface area (Å²) >= 11 is 0. The minimum Gasteiger partial charge on any atom is -0.444 e. The molecule has 0 spiro atoms. The molecule has 0 fully saturated rings. The maximum absolute atomic E-state index is 14.6. The van der Waals surface area contributed by atoms with E-state index >= 15 is 0 Å². The fourth-order valence-corrected chi connectivity index (χ4v) is 4.00. The van der Waals surface area contributed by atoms with Crippen molar-refractivity contribution in [2.24, 2.45) is 0 Å². The molecule has 0 aromatic heterocycles. The lowest BCUT2D eigenvalue weighted by Crippen LogP contribution is -2.56. The predicted molar refractivity (Wildman–Crippen MR) is 110 cm³/mol. The number of benzene rings is 1. The van der Waals surface area contributed by atoms with Crippen LogP contribution in [-0.2, 0) is 20.9 Å². The highest BCUT2D eigenvalue weighted by Gasteiger charge is 2.51. The molecule has 2 amide bonds. The van der Waals surface area contributed by atoms with Crippen LogP contribution in [0.2, 0.25) is 25.7 Å². The summed E-state index contributed by atoms with van der Waals surface area (Å²) in [5, 5.41) is 4.32. The topological polar surface area (TPSA) is 84.5 Å². The zero-order valence-electron chi connectivity index (χ0n) is 17.8. The lowest BCUT2D eigenvalue weighted by Gasteiger charge is -2.28. The number of ketones is 1. The molecule has 1 atom stereocenters. The number of alkyl halides is 2. The summed E-state index contributed by atoms with van der Waals surface area (Å²) in [5.74, 6) is -7.62. The van der Waals surface area contributed by atoms with E-state index in [-0.39, 0.29) is 12.6 Å². The van der Waals surface area contributed by atoms with Crippen molar-refractivity contribution in [3.8, 4) is 0 Å². The molecule has 0 radical (unpaired) electrons. The van der Waals surface area contributed by atoms with Crippen LogP contribution in [0.3, 0.4) is 0 Å². The Bertz CT molecular complexity index is 728. The Hall–Kier alpha value is -2.29. The van der Waals surface area contributed by atoms with Crippen molar-refractivity contribution in [1.82, 2.24) is 10.6 Å². The average Bonchev–Trinajstić information content (AvgIpc) is 2.56. The minimum absolute atomic E-state index is 0.0482. The third-order valence-corrected chi connectivity index (χ3v) is 5.35. The number of carbonyl (C=O) groups excluding carboxylic acids is 3. The number of amides is 2. The largest absolute Gasteiger partial charge is 0.444 e. The van der Waals surface area contributed by atoms with Crippen molar-refractivity contribution in [3.63, 3.8) is 0 Å². The van der Waals surface area contributed by atoms with E-state index in [9.17, 15) is 23.2 Å². The number of Topliss-reactive ketones (excluding diaryl/α,β-unsaturated/α-hetero) is 1. The molecule has 0 heterocycles. The molecule has 0 saturated carbocycles. The SMILES string of the molecule is CC(C)(C)OC(=O)N[C@@H](C[Si](C)(C)C)C(=O)C(F)(F)C(=O)NCc1ccccc1. The van der Waals surface area contributed by atoms with Gasteiger partial charge in [0.1, 0.15) is 5.60 Å². The van der Waals surface area contributed by atoms with E-state index in [1.807, 2.05) is 19.6 Å². The summed E-state index contributed by atoms with van der Waals surface area (Å²) in [6.45, 7) is 10.3. The molecule has 162 valence electrons. The highest BCUT2D eigenvalue weighted by atomic mass is 28.3. The van der Waals surface area contributed by atoms with Gasteiger partial charge in [0.05, 0.1) is 6.04 Å². The molecule has 1 aromatic rings. The second kappa shape index (κ2) is 9.47. The first-order chi connectivity index (χ1) is 13.1. The van der Waals surface area contributed by atoms with E-state index in [1.54, 1.807) is 51.1 Å². The number of hydrogen-bond acceptors (Lipinski definition) is 4. The smallest absolute Gasteiger partial charge is 0.408 e. The van der Waals surface area contributed by atoms with Crippen LogP contribution in [0.15, 0.2) is 30.3 Å². The maximum atomic E-state index is 14.6. The van der Waals surface area contributed by atoms with Gasteiger partial charge in [-0.05, 0) is 32.4 Å². The standard InChI is InChI=1S/C20H30F2N2O4Si/c1-19(2,3)28-18(27)24-15(13-29(4,5)6)16(25)20(21,22)17(26)23-12-14-10-8-7-9-11-14/h7-11,15H,12-13H2,1-6H3,(H,23,26)(H,24,27)/t15-/m0/s1. The Morgan fingerprint density at radius 1 is 1.07 bits per heavy atom. The molecule has 1 rings (SSSR count). The second-order valence-corrected chi connectivity index (χ2v) is 14.6. The van der Waals surface area contributed by atoms with Crippen molar-refractivity contribution in [2.45, 2.75) is 70.6 Å². The average molecular weight is 429 g/mol. The number of ether oxygens (including phenoxy) is 1. The second-order valence-electron chi connectivity index (χ2n) is 9.07. The van der Waals surface area contributed by atoms with E-state index in [4.69, 9.17) is 4.74 Å². The first-order valence-electron chi connectivity index (χ1n) is 9.36. The zero-order chi connectivity index (χ0) is 22.5. The summed E-state index contributed by atoms with van der Waals surface area (Å²) in [4.78, 5) is 36.6. The molecule has 2 N–H and O–H groups in total. The quantitative estimate of drug-likeness (QED) is 0.488. The molecule has 9 heteroatoms. The number of halogens is 2. The predicted octanol–water partition coefficient (Wildman–Crippen LogP) is 3.74. The maximum Gasteiger partial charge on any atom is 0.408 e. The monoisotopic (exact) mass is 428 g/mol. The fraction of sp³-hybridized carbons (Fsp3) is 0.550. The van der Waals surface area contributed by atoms with Gasteiger partial charge in [0.25, 0.3) is 5.91 Å². The number of carbonyl (C=O) groups is 3. The van der Waals surface area contributed by atoms with Crippen LogP contribution >= 0.6 is 0 Å². The molecule has 29 heavy (non-hydrogen) atoms. The number of alkyl carbamates (subject to hydrolysis) is 1. The molecule has 0 aliphatic rings. The third-order valence-electron chi connectivity index (χ3n) is 3.71. The number of rotatable bonds is 8. The van der Waals surface area contributed by atoms with Crippen LogP contribution in [0.5, 0.6) is 0 Å². The molecular formula is C20H30F2N2O4Si. The lowest BCUT2D eigenvalue weighted by atomic mass is 10.1. The van der Waals surface area contributed by atoms with Gasteiger partial charge in [0.15, 0.2) is 0 Å². The third kappa shape index (κ3) is 8.72. The summed E-state index contributed by atoms with van der Waals surface area (Å²) in [6.07, 6.45) is -0.977. The first kappa shape index (κ1) is 24.7. The molecule has 0 aliphatic heterocycles. The van der Waals surface area contributed by atoms with Gasteiger partial charge >= 0.3 is 12.0 Å². The lowest BCUT2D eigenvalue weighted by molar-refractivity contribution is -0.159. The van der Waals surface area contributed by atoms with Gasteiger partial charge < -0.3 is 15.4 Å². The van der Waals surface area contributed by atoms with Crippen molar-refractivity contribution in [3.05, 3.63) is 35.9 Å². The van der Waals surface area contributed by atoms with Gasteiger partial charge in [-0.1, -0.05) is 50.0 Å². The van der Waals surface area contributed by atoms with E-state index in [2.05, 4.69) is 10.6 Å². The molecule has 1 aromatic carbocycles. The van der Waals surface area contributed by atoms with Crippen molar-refractivity contribution < 1.29 is 27.9 Å². The number of hydrogen-bond donors (Lipinski definition) is 2. The van der Waals surface area contributed by atoms with Crippen LogP contribution in [0.1, 0.15) is 26.3 Å². The van der Waals surface area contributed by atoms with E-state index < -0.39 is 43.4 Å². The van der Waals surface area contributed by atoms with Gasteiger partial charge in [-0.3, -0.25) is 9.59 Å². The number of nitrogens with one attached hydrogen (secondary N) is 2. The molecule has 0 unspecified atom stereocenters. The molecular weight excluding hydrogens is 398 g/mol. The Morgan fingerprint density at radius 3 is 2.10 bits per heavy atom. The van der Waals surface area contributed by atoms with Crippen LogP contribution in [-0.4, -0.2) is 43.4 Å². The normalized spacial score (nSPS) is 13.4. The first-order valence-corrected chi connectivity index (χ1v) is 13.1. The van der Waals surface area contributed by atoms with Gasteiger partial charge in [0, 0.05) is 14.6 Å². The summed E-state index contributed by atoms with van der Waals surface area (Å²) in [5.41, 5.74) is -0.235. The molecule has 0 saturated heterocycles. The van der Waals surface area contributed by atoms with Crippen LogP contribution in [0.4, 0.5) is 13.6 Å². The highest BCUT2D eigenvalue weighted by molar-refractivity contribution is 6.76. The highest BCUT2D eigenvalue weighted by Crippen LogP contribution is 2.23.